The molecule has 0 fully saturated rings. The maximum atomic E-state index is 13.9. The highest BCUT2D eigenvalue weighted by atomic mass is 35.5. The summed E-state index contributed by atoms with van der Waals surface area (Å²) in [6, 6.07) is 12.2. The monoisotopic (exact) mass is 291 g/mol. The smallest absolute Gasteiger partial charge is 0.146 e. The normalized spacial score (nSPS) is 10.3. The van der Waals surface area contributed by atoms with Crippen LogP contribution in [0.15, 0.2) is 42.5 Å². The number of anilines is 1. The van der Waals surface area contributed by atoms with Crippen LogP contribution in [0.25, 0.3) is 0 Å². The molecule has 0 spiro atoms. The van der Waals surface area contributed by atoms with E-state index in [1.807, 2.05) is 24.1 Å². The molecule has 2 aromatic rings. The lowest BCUT2D eigenvalue weighted by Gasteiger charge is -2.20. The summed E-state index contributed by atoms with van der Waals surface area (Å²) < 4.78 is 13.9. The second-order valence-electron chi connectivity index (χ2n) is 4.53. The van der Waals surface area contributed by atoms with Gasteiger partial charge in [-0.1, -0.05) is 35.9 Å². The summed E-state index contributed by atoms with van der Waals surface area (Å²) in [6.07, 6.45) is 0. The molecule has 2 rings (SSSR count). The zero-order chi connectivity index (χ0) is 14.7. The molecule has 0 aliphatic carbocycles. The number of amidine groups is 1. The van der Waals surface area contributed by atoms with Gasteiger partial charge in [-0.15, -0.1) is 0 Å². The molecule has 0 aliphatic heterocycles. The molecule has 104 valence electrons. The molecule has 0 saturated carbocycles. The lowest BCUT2D eigenvalue weighted by Crippen LogP contribution is -2.18. The molecule has 20 heavy (non-hydrogen) atoms. The highest BCUT2D eigenvalue weighted by Gasteiger charge is 2.10. The van der Waals surface area contributed by atoms with Crippen molar-refractivity contribution < 1.29 is 4.39 Å². The number of halogens is 2. The molecule has 5 heteroatoms. The number of rotatable bonds is 4. The maximum Gasteiger partial charge on any atom is 0.146 e. The lowest BCUT2D eigenvalue weighted by molar-refractivity contribution is 0.608. The molecule has 3 nitrogen and oxygen atoms in total. The average Bonchev–Trinajstić information content (AvgIpc) is 2.44. The Bertz CT molecular complexity index is 643. The minimum atomic E-state index is -0.399. The lowest BCUT2D eigenvalue weighted by atomic mass is 10.1. The van der Waals surface area contributed by atoms with Gasteiger partial charge in [0.05, 0.1) is 5.02 Å². The quantitative estimate of drug-likeness (QED) is 0.670. The average molecular weight is 292 g/mol. The molecular weight excluding hydrogens is 277 g/mol. The van der Waals surface area contributed by atoms with Gasteiger partial charge in [0, 0.05) is 30.4 Å². The van der Waals surface area contributed by atoms with Gasteiger partial charge in [0.15, 0.2) is 0 Å². The largest absolute Gasteiger partial charge is 0.384 e. The van der Waals surface area contributed by atoms with E-state index in [-0.39, 0.29) is 10.9 Å². The van der Waals surface area contributed by atoms with Crippen LogP contribution in [-0.4, -0.2) is 12.9 Å². The van der Waals surface area contributed by atoms with Crippen LogP contribution in [0.2, 0.25) is 5.02 Å². The molecule has 0 saturated heterocycles. The Labute approximate surface area is 122 Å². The van der Waals surface area contributed by atoms with Gasteiger partial charge in [0.1, 0.15) is 11.7 Å². The number of hydrogen-bond donors (Lipinski definition) is 2. The zero-order valence-corrected chi connectivity index (χ0v) is 11.8. The first-order valence-electron chi connectivity index (χ1n) is 6.07. The van der Waals surface area contributed by atoms with Gasteiger partial charge < -0.3 is 10.6 Å². The maximum absolute atomic E-state index is 13.9. The van der Waals surface area contributed by atoms with Crippen LogP contribution in [0.3, 0.4) is 0 Å². The number of nitrogens with two attached hydrogens (primary N) is 1. The van der Waals surface area contributed by atoms with E-state index in [0.29, 0.717) is 17.7 Å². The third kappa shape index (κ3) is 3.08. The summed E-state index contributed by atoms with van der Waals surface area (Å²) in [7, 11) is 1.85. The molecule has 0 heterocycles. The van der Waals surface area contributed by atoms with Crippen molar-refractivity contribution in [3.63, 3.8) is 0 Å². The van der Waals surface area contributed by atoms with Crippen LogP contribution in [0, 0.1) is 11.2 Å². The number of nitrogen functional groups attached to an aromatic ring is 1. The fourth-order valence-corrected chi connectivity index (χ4v) is 2.12. The van der Waals surface area contributed by atoms with E-state index in [2.05, 4.69) is 0 Å². The number of benzene rings is 2. The van der Waals surface area contributed by atoms with Gasteiger partial charge >= 0.3 is 0 Å². The highest BCUT2D eigenvalue weighted by molar-refractivity contribution is 6.30. The highest BCUT2D eigenvalue weighted by Crippen LogP contribution is 2.22. The van der Waals surface area contributed by atoms with Gasteiger partial charge in [0.2, 0.25) is 0 Å². The molecule has 2 aromatic carbocycles. The van der Waals surface area contributed by atoms with Crippen molar-refractivity contribution in [2.24, 2.45) is 5.73 Å². The summed E-state index contributed by atoms with van der Waals surface area (Å²) in [5, 5.41) is 7.56. The van der Waals surface area contributed by atoms with E-state index < -0.39 is 5.82 Å². The molecule has 3 N–H and O–H groups in total. The van der Waals surface area contributed by atoms with E-state index in [4.69, 9.17) is 22.7 Å². The fourth-order valence-electron chi connectivity index (χ4n) is 1.93. The van der Waals surface area contributed by atoms with E-state index >= 15 is 0 Å². The van der Waals surface area contributed by atoms with Crippen molar-refractivity contribution >= 4 is 23.1 Å². The Morgan fingerprint density at radius 1 is 1.30 bits per heavy atom. The van der Waals surface area contributed by atoms with Gasteiger partial charge in [0.25, 0.3) is 0 Å². The molecule has 0 amide bonds. The van der Waals surface area contributed by atoms with Crippen molar-refractivity contribution in [3.05, 3.63) is 64.4 Å². The number of nitrogens with one attached hydrogen (secondary N) is 1. The van der Waals surface area contributed by atoms with Crippen molar-refractivity contribution in [2.75, 3.05) is 11.9 Å². The topological polar surface area (TPSA) is 53.1 Å². The minimum absolute atomic E-state index is 0.00851. The summed E-state index contributed by atoms with van der Waals surface area (Å²) in [6.45, 7) is 0.383. The molecule has 0 radical (unpaired) electrons. The van der Waals surface area contributed by atoms with Crippen molar-refractivity contribution in [3.8, 4) is 0 Å². The SMILES string of the molecule is CN(Cc1cccc(Cl)c1F)c1cccc(C(=N)N)c1. The molecule has 0 aliphatic rings. The van der Waals surface area contributed by atoms with Gasteiger partial charge in [-0.25, -0.2) is 4.39 Å². The Hall–Kier alpha value is -2.07. The van der Waals surface area contributed by atoms with Gasteiger partial charge in [-0.05, 0) is 18.2 Å². The summed E-state index contributed by atoms with van der Waals surface area (Å²) in [4.78, 5) is 1.88. The summed E-state index contributed by atoms with van der Waals surface area (Å²) in [5.41, 5.74) is 7.49. The Morgan fingerprint density at radius 2 is 2.00 bits per heavy atom. The van der Waals surface area contributed by atoms with Crippen LogP contribution < -0.4 is 10.6 Å². The summed E-state index contributed by atoms with van der Waals surface area (Å²) in [5.74, 6) is -0.391. The van der Waals surface area contributed by atoms with E-state index in [1.165, 1.54) is 6.07 Å². The van der Waals surface area contributed by atoms with E-state index in [9.17, 15) is 4.39 Å². The molecule has 0 aromatic heterocycles. The predicted octanol–water partition coefficient (Wildman–Crippen LogP) is 3.40. The Morgan fingerprint density at radius 3 is 2.70 bits per heavy atom. The molecule has 0 atom stereocenters. The van der Waals surface area contributed by atoms with Crippen molar-refractivity contribution in [1.29, 1.82) is 5.41 Å². The van der Waals surface area contributed by atoms with E-state index in [1.54, 1.807) is 24.3 Å². The van der Waals surface area contributed by atoms with Crippen LogP contribution in [0.5, 0.6) is 0 Å². The third-order valence-corrected chi connectivity index (χ3v) is 3.33. The number of nitrogens with zero attached hydrogens (tertiary/aromatic N) is 1. The Balaban J connectivity index is 2.24. The minimum Gasteiger partial charge on any atom is -0.384 e. The second-order valence-corrected chi connectivity index (χ2v) is 4.94. The standard InChI is InChI=1S/C15H15ClFN3/c1-20(9-11-5-3-7-13(16)14(11)17)12-6-2-4-10(8-12)15(18)19/h2-8H,9H2,1H3,(H3,18,19). The van der Waals surface area contributed by atoms with Gasteiger partial charge in [-0.2, -0.15) is 0 Å². The predicted molar refractivity (Wildman–Crippen MR) is 81.0 cm³/mol. The Kier molecular flexibility index (Phi) is 4.25. The second kappa shape index (κ2) is 5.92. The first-order chi connectivity index (χ1) is 9.49. The van der Waals surface area contributed by atoms with Crippen LogP contribution in [0.4, 0.5) is 10.1 Å². The third-order valence-electron chi connectivity index (χ3n) is 3.04. The first-order valence-corrected chi connectivity index (χ1v) is 6.45. The molecular formula is C15H15ClFN3. The molecule has 0 unspecified atom stereocenters. The van der Waals surface area contributed by atoms with Crippen LogP contribution in [0.1, 0.15) is 11.1 Å². The molecule has 0 bridgehead atoms. The van der Waals surface area contributed by atoms with Gasteiger partial charge in [-0.3, -0.25) is 5.41 Å². The zero-order valence-electron chi connectivity index (χ0n) is 11.0. The first kappa shape index (κ1) is 14.3. The van der Waals surface area contributed by atoms with E-state index in [0.717, 1.165) is 5.69 Å². The number of hydrogen-bond acceptors (Lipinski definition) is 2. The van der Waals surface area contributed by atoms with Crippen molar-refractivity contribution in [2.45, 2.75) is 6.54 Å². The fraction of sp³-hybridized carbons (Fsp3) is 0.133. The van der Waals surface area contributed by atoms with Crippen LogP contribution in [-0.2, 0) is 6.54 Å². The summed E-state index contributed by atoms with van der Waals surface area (Å²) >= 11 is 5.77. The van der Waals surface area contributed by atoms with Crippen molar-refractivity contribution in [1.82, 2.24) is 0 Å². The van der Waals surface area contributed by atoms with Crippen LogP contribution >= 0.6 is 11.6 Å².